The van der Waals surface area contributed by atoms with Crippen molar-refractivity contribution < 1.29 is 23.1 Å². The predicted molar refractivity (Wildman–Crippen MR) is 63.5 cm³/mol. The molecule has 0 aromatic carbocycles. The third-order valence-electron chi connectivity index (χ3n) is 2.32. The van der Waals surface area contributed by atoms with Gasteiger partial charge in [0.15, 0.2) is 5.16 Å². The first kappa shape index (κ1) is 15.8. The van der Waals surface area contributed by atoms with Gasteiger partial charge in [0, 0.05) is 7.05 Å². The number of aromatic nitrogens is 2. The van der Waals surface area contributed by atoms with Crippen molar-refractivity contribution in [3.63, 3.8) is 0 Å². The summed E-state index contributed by atoms with van der Waals surface area (Å²) in [7, 11) is 1.65. The van der Waals surface area contributed by atoms with Crippen LogP contribution in [0.5, 0.6) is 0 Å². The van der Waals surface area contributed by atoms with Gasteiger partial charge in [0.2, 0.25) is 5.91 Å². The van der Waals surface area contributed by atoms with Crippen molar-refractivity contribution in [3.8, 4) is 0 Å². The van der Waals surface area contributed by atoms with Crippen LogP contribution in [-0.2, 0) is 18.4 Å². The van der Waals surface area contributed by atoms with Gasteiger partial charge in [-0.25, -0.2) is 4.98 Å². The van der Waals surface area contributed by atoms with Gasteiger partial charge < -0.3 is 15.0 Å². The molecule has 9 heteroatoms. The molecule has 1 atom stereocenters. The van der Waals surface area contributed by atoms with Crippen LogP contribution in [0.25, 0.3) is 0 Å². The summed E-state index contributed by atoms with van der Waals surface area (Å²) in [5, 5.41) is 10.5. The van der Waals surface area contributed by atoms with Gasteiger partial charge in [-0.15, -0.1) is 0 Å². The fraction of sp³-hybridized carbons (Fsp3) is 0.600. The Kier molecular flexibility index (Phi) is 5.24. The molecule has 1 aromatic heterocycles. The summed E-state index contributed by atoms with van der Waals surface area (Å²) in [5.41, 5.74) is 0.561. The van der Waals surface area contributed by atoms with E-state index >= 15 is 0 Å². The molecule has 1 aromatic rings. The molecule has 0 fully saturated rings. The highest BCUT2D eigenvalue weighted by Crippen LogP contribution is 2.22. The molecule has 0 spiro atoms. The monoisotopic (exact) mass is 297 g/mol. The van der Waals surface area contributed by atoms with Crippen LogP contribution in [-0.4, -0.2) is 38.5 Å². The number of amides is 1. The number of halogens is 3. The minimum atomic E-state index is -4.42. The first-order valence-corrected chi connectivity index (χ1v) is 6.25. The number of hydrogen-bond donors (Lipinski definition) is 2. The van der Waals surface area contributed by atoms with E-state index in [1.165, 1.54) is 13.1 Å². The van der Waals surface area contributed by atoms with Gasteiger partial charge >= 0.3 is 6.18 Å². The zero-order valence-electron chi connectivity index (χ0n) is 10.4. The molecular weight excluding hydrogens is 283 g/mol. The van der Waals surface area contributed by atoms with Gasteiger partial charge in [0.25, 0.3) is 0 Å². The Morgan fingerprint density at radius 1 is 1.63 bits per heavy atom. The van der Waals surface area contributed by atoms with Crippen LogP contribution < -0.4 is 5.32 Å². The molecule has 0 aliphatic rings. The number of alkyl halides is 3. The van der Waals surface area contributed by atoms with Crippen LogP contribution in [0.3, 0.4) is 0 Å². The van der Waals surface area contributed by atoms with E-state index in [1.54, 1.807) is 11.6 Å². The minimum Gasteiger partial charge on any atom is -0.390 e. The van der Waals surface area contributed by atoms with Crippen molar-refractivity contribution in [1.82, 2.24) is 14.9 Å². The van der Waals surface area contributed by atoms with E-state index in [4.69, 9.17) is 5.11 Å². The Balaban J connectivity index is 2.56. The van der Waals surface area contributed by atoms with Crippen LogP contribution in [0.15, 0.2) is 11.4 Å². The fourth-order valence-electron chi connectivity index (χ4n) is 1.22. The van der Waals surface area contributed by atoms with Crippen LogP contribution in [0.4, 0.5) is 13.2 Å². The number of hydrogen-bond acceptors (Lipinski definition) is 4. The number of imidazole rings is 1. The number of carbonyl (C=O) groups is 1. The smallest absolute Gasteiger partial charge is 0.390 e. The van der Waals surface area contributed by atoms with E-state index in [-0.39, 0.29) is 6.61 Å². The minimum absolute atomic E-state index is 0.196. The van der Waals surface area contributed by atoms with Gasteiger partial charge in [-0.05, 0) is 6.92 Å². The van der Waals surface area contributed by atoms with Crippen LogP contribution in [0.2, 0.25) is 0 Å². The molecule has 5 nitrogen and oxygen atoms in total. The molecule has 0 radical (unpaired) electrons. The molecule has 0 saturated heterocycles. The maximum absolute atomic E-state index is 12.0. The van der Waals surface area contributed by atoms with Crippen molar-refractivity contribution in [2.24, 2.45) is 7.05 Å². The number of thioether (sulfide) groups is 1. The van der Waals surface area contributed by atoms with Gasteiger partial charge in [-0.1, -0.05) is 11.8 Å². The molecule has 0 aliphatic carbocycles. The predicted octanol–water partition coefficient (Wildman–Crippen LogP) is 1.07. The van der Waals surface area contributed by atoms with Crippen LogP contribution in [0, 0.1) is 0 Å². The number of rotatable bonds is 5. The summed E-state index contributed by atoms with van der Waals surface area (Å²) < 4.78 is 37.4. The summed E-state index contributed by atoms with van der Waals surface area (Å²) >= 11 is 1.03. The Hall–Kier alpha value is -1.22. The van der Waals surface area contributed by atoms with Crippen molar-refractivity contribution in [1.29, 1.82) is 0 Å². The van der Waals surface area contributed by atoms with E-state index in [9.17, 15) is 18.0 Å². The number of aliphatic hydroxyl groups excluding tert-OH is 1. The Morgan fingerprint density at radius 2 is 2.26 bits per heavy atom. The second-order valence-corrected chi connectivity index (χ2v) is 5.15. The molecule has 0 saturated carbocycles. The molecule has 2 N–H and O–H groups in total. The summed E-state index contributed by atoms with van der Waals surface area (Å²) in [4.78, 5) is 15.4. The summed E-state index contributed by atoms with van der Waals surface area (Å²) in [6.07, 6.45) is -2.98. The van der Waals surface area contributed by atoms with Gasteiger partial charge in [-0.2, -0.15) is 13.2 Å². The Labute approximate surface area is 112 Å². The van der Waals surface area contributed by atoms with Crippen LogP contribution >= 0.6 is 11.8 Å². The van der Waals surface area contributed by atoms with E-state index in [2.05, 4.69) is 4.98 Å². The quantitative estimate of drug-likeness (QED) is 0.798. The summed E-state index contributed by atoms with van der Waals surface area (Å²) in [5.74, 6) is -0.712. The molecule has 0 bridgehead atoms. The molecule has 1 rings (SSSR count). The Morgan fingerprint density at radius 3 is 2.74 bits per heavy atom. The molecular formula is C10H14F3N3O2S. The number of carbonyl (C=O) groups excluding carboxylic acids is 1. The average molecular weight is 297 g/mol. The zero-order valence-corrected chi connectivity index (χ0v) is 11.2. The third kappa shape index (κ3) is 4.75. The van der Waals surface area contributed by atoms with Crippen molar-refractivity contribution in [3.05, 3.63) is 11.9 Å². The summed E-state index contributed by atoms with van der Waals surface area (Å²) in [6, 6.07) is 0. The van der Waals surface area contributed by atoms with E-state index in [1.807, 2.05) is 5.32 Å². The van der Waals surface area contributed by atoms with Crippen molar-refractivity contribution >= 4 is 17.7 Å². The zero-order chi connectivity index (χ0) is 14.6. The highest BCUT2D eigenvalue weighted by Gasteiger charge is 2.29. The lowest BCUT2D eigenvalue weighted by Gasteiger charge is -2.13. The summed E-state index contributed by atoms with van der Waals surface area (Å²) in [6.45, 7) is -0.0540. The fourth-order valence-corrected chi connectivity index (χ4v) is 2.12. The Bertz CT molecular complexity index is 448. The van der Waals surface area contributed by atoms with E-state index in [0.717, 1.165) is 11.8 Å². The van der Waals surface area contributed by atoms with Gasteiger partial charge in [0.1, 0.15) is 6.54 Å². The lowest BCUT2D eigenvalue weighted by Crippen LogP contribution is -2.38. The second kappa shape index (κ2) is 6.29. The standard InChI is InChI=1S/C10H14F3N3O2S/c1-6(8(18)15-5-10(11,12)13)19-9-14-3-7(4-17)16(9)2/h3,6,17H,4-5H2,1-2H3,(H,15,18)/t6-/m0/s1. The molecule has 19 heavy (non-hydrogen) atoms. The first-order chi connectivity index (χ1) is 8.74. The molecule has 1 amide bonds. The normalized spacial score (nSPS) is 13.4. The van der Waals surface area contributed by atoms with Gasteiger partial charge in [0.05, 0.1) is 23.7 Å². The lowest BCUT2D eigenvalue weighted by atomic mass is 10.4. The molecule has 108 valence electrons. The second-order valence-electron chi connectivity index (χ2n) is 3.84. The number of nitrogens with one attached hydrogen (secondary N) is 1. The number of nitrogens with zero attached hydrogens (tertiary/aromatic N) is 2. The molecule has 1 heterocycles. The molecule has 0 aliphatic heterocycles. The van der Waals surface area contributed by atoms with Crippen LogP contribution in [0.1, 0.15) is 12.6 Å². The first-order valence-electron chi connectivity index (χ1n) is 5.37. The topological polar surface area (TPSA) is 67.2 Å². The lowest BCUT2D eigenvalue weighted by molar-refractivity contribution is -0.137. The van der Waals surface area contributed by atoms with E-state index < -0.39 is 23.9 Å². The van der Waals surface area contributed by atoms with Crippen molar-refractivity contribution in [2.75, 3.05) is 6.54 Å². The largest absolute Gasteiger partial charge is 0.405 e. The highest BCUT2D eigenvalue weighted by molar-refractivity contribution is 8.00. The van der Waals surface area contributed by atoms with E-state index in [0.29, 0.717) is 10.9 Å². The average Bonchev–Trinajstić information content (AvgIpc) is 2.66. The highest BCUT2D eigenvalue weighted by atomic mass is 32.2. The SMILES string of the molecule is C[C@H](Sc1ncc(CO)n1C)C(=O)NCC(F)(F)F. The maximum atomic E-state index is 12.0. The number of aliphatic hydroxyl groups is 1. The third-order valence-corrected chi connectivity index (χ3v) is 3.48. The maximum Gasteiger partial charge on any atom is 0.405 e. The molecule has 0 unspecified atom stereocenters. The van der Waals surface area contributed by atoms with Crippen molar-refractivity contribution in [2.45, 2.75) is 30.1 Å². The van der Waals surface area contributed by atoms with Gasteiger partial charge in [-0.3, -0.25) is 4.79 Å².